The maximum absolute atomic E-state index is 11.6. The molecule has 0 saturated carbocycles. The summed E-state index contributed by atoms with van der Waals surface area (Å²) in [5.41, 5.74) is -0.887. The molecule has 1 aliphatic rings. The van der Waals surface area contributed by atoms with E-state index >= 15 is 0 Å². The van der Waals surface area contributed by atoms with Crippen molar-refractivity contribution in [3.8, 4) is 6.07 Å². The van der Waals surface area contributed by atoms with Gasteiger partial charge in [-0.3, -0.25) is 4.79 Å². The number of carbonyl (C=O) groups excluding carboxylic acids is 1. The van der Waals surface area contributed by atoms with E-state index in [0.29, 0.717) is 6.54 Å². The molecule has 0 aromatic carbocycles. The molecule has 0 unspecified atom stereocenters. The second-order valence-electron chi connectivity index (χ2n) is 4.93. The summed E-state index contributed by atoms with van der Waals surface area (Å²) in [5, 5.41) is 11.6. The first kappa shape index (κ1) is 11.0. The van der Waals surface area contributed by atoms with Crippen molar-refractivity contribution >= 4 is 5.91 Å². The molecule has 1 fully saturated rings. The molecule has 0 aromatic heterocycles. The molecule has 0 bridgehead atoms. The zero-order valence-corrected chi connectivity index (χ0v) is 8.89. The highest BCUT2D eigenvalue weighted by atomic mass is 16.5. The van der Waals surface area contributed by atoms with E-state index in [1.54, 1.807) is 0 Å². The van der Waals surface area contributed by atoms with Gasteiger partial charge in [-0.15, -0.1) is 0 Å². The van der Waals surface area contributed by atoms with Crippen molar-refractivity contribution in [2.75, 3.05) is 19.8 Å². The van der Waals surface area contributed by atoms with Crippen molar-refractivity contribution in [3.05, 3.63) is 0 Å². The number of hydrogen-bond acceptors (Lipinski definition) is 3. The molecular formula is C10H16N2O2. The highest BCUT2D eigenvalue weighted by Crippen LogP contribution is 2.26. The van der Waals surface area contributed by atoms with E-state index in [1.165, 1.54) is 0 Å². The molecule has 78 valence electrons. The van der Waals surface area contributed by atoms with Crippen LogP contribution >= 0.6 is 0 Å². The second kappa shape index (κ2) is 3.58. The van der Waals surface area contributed by atoms with Crippen LogP contribution in [0.1, 0.15) is 20.8 Å². The lowest BCUT2D eigenvalue weighted by Crippen LogP contribution is -2.54. The van der Waals surface area contributed by atoms with Crippen LogP contribution in [0.4, 0.5) is 0 Å². The number of nitrogens with zero attached hydrogens (tertiary/aromatic N) is 1. The molecule has 1 N–H and O–H groups in total. The normalized spacial score (nSPS) is 19.3. The lowest BCUT2D eigenvalue weighted by Gasteiger charge is -2.34. The third-order valence-corrected chi connectivity index (χ3v) is 2.12. The van der Waals surface area contributed by atoms with E-state index < -0.39 is 5.41 Å². The third-order valence-electron chi connectivity index (χ3n) is 2.12. The van der Waals surface area contributed by atoms with E-state index in [4.69, 9.17) is 10.00 Å². The molecule has 0 spiro atoms. The van der Waals surface area contributed by atoms with Gasteiger partial charge in [0.05, 0.1) is 19.3 Å². The summed E-state index contributed by atoms with van der Waals surface area (Å²) in [7, 11) is 0. The van der Waals surface area contributed by atoms with Crippen molar-refractivity contribution in [2.24, 2.45) is 10.8 Å². The molecular weight excluding hydrogens is 180 g/mol. The number of ether oxygens (including phenoxy) is 1. The standard InChI is InChI=1S/C10H16N2O2/c1-9(2,3)5-12-8(13)10(4-11)6-14-7-10/h5-7H2,1-3H3,(H,12,13). The number of nitrogens with one attached hydrogen (secondary N) is 1. The number of amides is 1. The first-order chi connectivity index (χ1) is 6.40. The lowest BCUT2D eigenvalue weighted by molar-refractivity contribution is -0.150. The van der Waals surface area contributed by atoms with Gasteiger partial charge in [-0.1, -0.05) is 20.8 Å². The Kier molecular flexibility index (Phi) is 2.81. The van der Waals surface area contributed by atoms with E-state index in [-0.39, 0.29) is 24.5 Å². The Labute approximate surface area is 84.2 Å². The van der Waals surface area contributed by atoms with Gasteiger partial charge in [0.25, 0.3) is 0 Å². The molecule has 1 saturated heterocycles. The molecule has 14 heavy (non-hydrogen) atoms. The molecule has 1 aliphatic heterocycles. The number of nitriles is 1. The number of hydrogen-bond donors (Lipinski definition) is 1. The summed E-state index contributed by atoms with van der Waals surface area (Å²) in [4.78, 5) is 11.6. The van der Waals surface area contributed by atoms with Crippen LogP contribution in [0.3, 0.4) is 0 Å². The van der Waals surface area contributed by atoms with Crippen molar-refractivity contribution in [3.63, 3.8) is 0 Å². The van der Waals surface area contributed by atoms with E-state index in [1.807, 2.05) is 26.8 Å². The minimum Gasteiger partial charge on any atom is -0.377 e. The number of rotatable bonds is 2. The highest BCUT2D eigenvalue weighted by Gasteiger charge is 2.46. The van der Waals surface area contributed by atoms with Gasteiger partial charge in [-0.05, 0) is 5.41 Å². The van der Waals surface area contributed by atoms with Crippen LogP contribution in [0.5, 0.6) is 0 Å². The average molecular weight is 196 g/mol. The van der Waals surface area contributed by atoms with E-state index in [0.717, 1.165) is 0 Å². The van der Waals surface area contributed by atoms with Gasteiger partial charge in [0, 0.05) is 6.54 Å². The molecule has 0 atom stereocenters. The van der Waals surface area contributed by atoms with Crippen LogP contribution in [0.25, 0.3) is 0 Å². The van der Waals surface area contributed by atoms with Crippen LogP contribution < -0.4 is 5.32 Å². The topological polar surface area (TPSA) is 62.1 Å². The van der Waals surface area contributed by atoms with Crippen molar-refractivity contribution in [2.45, 2.75) is 20.8 Å². The number of carbonyl (C=O) groups is 1. The Morgan fingerprint density at radius 3 is 2.43 bits per heavy atom. The quantitative estimate of drug-likeness (QED) is 0.706. The summed E-state index contributed by atoms with van der Waals surface area (Å²) < 4.78 is 4.90. The lowest BCUT2D eigenvalue weighted by atomic mass is 9.86. The van der Waals surface area contributed by atoms with Crippen molar-refractivity contribution < 1.29 is 9.53 Å². The Morgan fingerprint density at radius 2 is 2.14 bits per heavy atom. The molecule has 1 amide bonds. The molecule has 1 rings (SSSR count). The first-order valence-electron chi connectivity index (χ1n) is 4.67. The van der Waals surface area contributed by atoms with Gasteiger partial charge in [0.1, 0.15) is 0 Å². The van der Waals surface area contributed by atoms with Crippen LogP contribution in [0, 0.1) is 22.2 Å². The third kappa shape index (κ3) is 2.24. The van der Waals surface area contributed by atoms with E-state index in [9.17, 15) is 4.79 Å². The van der Waals surface area contributed by atoms with Crippen molar-refractivity contribution in [1.82, 2.24) is 5.32 Å². The van der Waals surface area contributed by atoms with Gasteiger partial charge < -0.3 is 10.1 Å². The zero-order valence-electron chi connectivity index (χ0n) is 8.89. The Bertz CT molecular complexity index is 269. The van der Waals surface area contributed by atoms with Gasteiger partial charge in [-0.25, -0.2) is 0 Å². The molecule has 4 nitrogen and oxygen atoms in total. The highest BCUT2D eigenvalue weighted by molar-refractivity contribution is 5.86. The minimum absolute atomic E-state index is 0.0386. The second-order valence-corrected chi connectivity index (χ2v) is 4.93. The summed E-state index contributed by atoms with van der Waals surface area (Å²) in [6, 6.07) is 2.01. The molecule has 4 heteroatoms. The van der Waals surface area contributed by atoms with Crippen LogP contribution in [0.15, 0.2) is 0 Å². The zero-order chi connectivity index (χ0) is 10.8. The average Bonchev–Trinajstić information content (AvgIpc) is 1.98. The van der Waals surface area contributed by atoms with Crippen molar-refractivity contribution in [1.29, 1.82) is 5.26 Å². The maximum Gasteiger partial charge on any atom is 0.245 e. The molecule has 0 aliphatic carbocycles. The van der Waals surface area contributed by atoms with Gasteiger partial charge in [0.15, 0.2) is 5.41 Å². The van der Waals surface area contributed by atoms with Crippen LogP contribution in [0.2, 0.25) is 0 Å². The first-order valence-corrected chi connectivity index (χ1v) is 4.67. The predicted octanol–water partition coefficient (Wildman–Crippen LogP) is 0.689. The summed E-state index contributed by atoms with van der Waals surface area (Å²) in [5.74, 6) is -0.207. The minimum atomic E-state index is -0.925. The predicted molar refractivity (Wildman–Crippen MR) is 51.3 cm³/mol. The Balaban J connectivity index is 2.47. The fourth-order valence-electron chi connectivity index (χ4n) is 1.07. The summed E-state index contributed by atoms with van der Waals surface area (Å²) in [6.45, 7) is 7.12. The largest absolute Gasteiger partial charge is 0.377 e. The summed E-state index contributed by atoms with van der Waals surface area (Å²) >= 11 is 0. The van der Waals surface area contributed by atoms with Gasteiger partial charge in [-0.2, -0.15) is 5.26 Å². The SMILES string of the molecule is CC(C)(C)CNC(=O)C1(C#N)COC1. The molecule has 0 aromatic rings. The smallest absolute Gasteiger partial charge is 0.245 e. The molecule has 1 heterocycles. The fourth-order valence-corrected chi connectivity index (χ4v) is 1.07. The van der Waals surface area contributed by atoms with Crippen LogP contribution in [-0.4, -0.2) is 25.7 Å². The Morgan fingerprint density at radius 1 is 1.57 bits per heavy atom. The maximum atomic E-state index is 11.6. The van der Waals surface area contributed by atoms with Crippen LogP contribution in [-0.2, 0) is 9.53 Å². The van der Waals surface area contributed by atoms with Gasteiger partial charge >= 0.3 is 0 Å². The summed E-state index contributed by atoms with van der Waals surface area (Å²) in [6.07, 6.45) is 0. The monoisotopic (exact) mass is 196 g/mol. The van der Waals surface area contributed by atoms with E-state index in [2.05, 4.69) is 5.32 Å². The Hall–Kier alpha value is -1.08. The molecule has 0 radical (unpaired) electrons. The van der Waals surface area contributed by atoms with Gasteiger partial charge in [0.2, 0.25) is 5.91 Å². The fraction of sp³-hybridized carbons (Fsp3) is 0.800.